The predicted octanol–water partition coefficient (Wildman–Crippen LogP) is -1.00. The molecule has 1 aliphatic heterocycles. The van der Waals surface area contributed by atoms with E-state index >= 15 is 0 Å². The quantitative estimate of drug-likeness (QED) is 0.445. The average molecular weight is 128 g/mol. The van der Waals surface area contributed by atoms with E-state index in [0.717, 1.165) is 6.04 Å². The van der Waals surface area contributed by atoms with Gasteiger partial charge >= 0.3 is 0 Å². The van der Waals surface area contributed by atoms with Crippen molar-refractivity contribution in [2.24, 2.45) is 0 Å². The lowest BCUT2D eigenvalue weighted by Crippen LogP contribution is -3.08. The van der Waals surface area contributed by atoms with Crippen LogP contribution in [0.2, 0.25) is 0 Å². The van der Waals surface area contributed by atoms with Crippen LogP contribution in [0.3, 0.4) is 0 Å². The van der Waals surface area contributed by atoms with Crippen LogP contribution in [-0.2, 0) is 0 Å². The molecular weight excluding hydrogens is 112 g/mol. The first-order valence-electron chi connectivity index (χ1n) is 3.54. The zero-order valence-corrected chi connectivity index (χ0v) is 6.35. The van der Waals surface area contributed by atoms with Gasteiger partial charge in [0.25, 0.3) is 0 Å². The van der Waals surface area contributed by atoms with Gasteiger partial charge in [0.2, 0.25) is 0 Å². The van der Waals surface area contributed by atoms with Gasteiger partial charge in [0.05, 0.1) is 6.04 Å². The molecule has 0 aliphatic carbocycles. The molecule has 2 heteroatoms. The second-order valence-corrected chi connectivity index (χ2v) is 3.09. The first-order valence-corrected chi connectivity index (χ1v) is 3.54. The fourth-order valence-corrected chi connectivity index (χ4v) is 1.34. The number of nitrogens with zero attached hydrogens (tertiary/aromatic N) is 1. The van der Waals surface area contributed by atoms with Crippen LogP contribution in [-0.4, -0.2) is 38.1 Å². The summed E-state index contributed by atoms with van der Waals surface area (Å²) in [5.74, 6) is 0. The zero-order chi connectivity index (χ0) is 6.85. The van der Waals surface area contributed by atoms with E-state index in [0.29, 0.717) is 0 Å². The SMILES string of the molecule is [CH2-][NH+](C)C1CCN(C)C1. The highest BCUT2D eigenvalue weighted by Crippen LogP contribution is 2.01. The van der Waals surface area contributed by atoms with Crippen LogP contribution >= 0.6 is 0 Å². The molecule has 0 aromatic carbocycles. The third kappa shape index (κ3) is 1.66. The van der Waals surface area contributed by atoms with Crippen LogP contribution in [0, 0.1) is 7.05 Å². The minimum absolute atomic E-state index is 0.773. The predicted molar refractivity (Wildman–Crippen MR) is 38.1 cm³/mol. The Morgan fingerprint density at radius 3 is 2.56 bits per heavy atom. The summed E-state index contributed by atoms with van der Waals surface area (Å²) in [4.78, 5) is 3.71. The molecule has 1 heterocycles. The monoisotopic (exact) mass is 128 g/mol. The van der Waals surface area contributed by atoms with Gasteiger partial charge in [-0.05, 0) is 7.05 Å². The van der Waals surface area contributed by atoms with E-state index in [1.54, 1.807) is 0 Å². The van der Waals surface area contributed by atoms with Crippen molar-refractivity contribution in [2.45, 2.75) is 12.5 Å². The highest BCUT2D eigenvalue weighted by Gasteiger charge is 2.21. The van der Waals surface area contributed by atoms with Crippen LogP contribution < -0.4 is 4.90 Å². The van der Waals surface area contributed by atoms with Crippen molar-refractivity contribution in [3.05, 3.63) is 7.05 Å². The van der Waals surface area contributed by atoms with Gasteiger partial charge in [-0.3, -0.25) is 0 Å². The van der Waals surface area contributed by atoms with Gasteiger partial charge in [-0.25, -0.2) is 0 Å². The minimum Gasteiger partial charge on any atom is -0.467 e. The van der Waals surface area contributed by atoms with Gasteiger partial charge in [0.15, 0.2) is 0 Å². The van der Waals surface area contributed by atoms with Crippen molar-refractivity contribution in [1.82, 2.24) is 4.90 Å². The number of nitrogens with one attached hydrogen (secondary N) is 1. The van der Waals surface area contributed by atoms with E-state index in [1.165, 1.54) is 24.4 Å². The Kier molecular flexibility index (Phi) is 2.09. The number of quaternary nitrogens is 1. The van der Waals surface area contributed by atoms with Gasteiger partial charge in [-0.1, -0.05) is 0 Å². The van der Waals surface area contributed by atoms with Gasteiger partial charge in [-0.2, -0.15) is 7.05 Å². The Morgan fingerprint density at radius 1 is 1.67 bits per heavy atom. The molecule has 2 atom stereocenters. The van der Waals surface area contributed by atoms with E-state index in [-0.39, 0.29) is 0 Å². The Hall–Kier alpha value is -0.0800. The molecule has 0 amide bonds. The maximum atomic E-state index is 3.94. The van der Waals surface area contributed by atoms with Crippen molar-refractivity contribution in [1.29, 1.82) is 0 Å². The molecule has 1 N–H and O–H groups in total. The highest BCUT2D eigenvalue weighted by atomic mass is 15.2. The van der Waals surface area contributed by atoms with Crippen molar-refractivity contribution < 1.29 is 4.90 Å². The molecule has 2 nitrogen and oxygen atoms in total. The molecule has 0 aromatic heterocycles. The number of rotatable bonds is 1. The van der Waals surface area contributed by atoms with Gasteiger partial charge in [0.1, 0.15) is 0 Å². The van der Waals surface area contributed by atoms with E-state index in [4.69, 9.17) is 0 Å². The smallest absolute Gasteiger partial charge is 0.0774 e. The maximum absolute atomic E-state index is 3.94. The molecule has 0 saturated carbocycles. The highest BCUT2D eigenvalue weighted by molar-refractivity contribution is 4.70. The van der Waals surface area contributed by atoms with Crippen molar-refractivity contribution in [2.75, 3.05) is 27.2 Å². The largest absolute Gasteiger partial charge is 0.467 e. The second-order valence-electron chi connectivity index (χ2n) is 3.09. The average Bonchev–Trinajstić information content (AvgIpc) is 2.14. The van der Waals surface area contributed by atoms with Crippen molar-refractivity contribution in [3.8, 4) is 0 Å². The van der Waals surface area contributed by atoms with Gasteiger partial charge < -0.3 is 9.80 Å². The summed E-state index contributed by atoms with van der Waals surface area (Å²) < 4.78 is 0. The molecule has 0 bridgehead atoms. The fraction of sp³-hybridized carbons (Fsp3) is 0.857. The summed E-state index contributed by atoms with van der Waals surface area (Å²) in [5.41, 5.74) is 0. The zero-order valence-electron chi connectivity index (χ0n) is 6.35. The lowest BCUT2D eigenvalue weighted by molar-refractivity contribution is -0.857. The second kappa shape index (κ2) is 2.67. The van der Waals surface area contributed by atoms with E-state index < -0.39 is 0 Å². The summed E-state index contributed by atoms with van der Waals surface area (Å²) >= 11 is 0. The van der Waals surface area contributed by atoms with Crippen LogP contribution in [0.4, 0.5) is 0 Å². The molecular formula is C7H16N2. The molecule has 1 rings (SSSR count). The maximum Gasteiger partial charge on any atom is 0.0774 e. The summed E-state index contributed by atoms with van der Waals surface area (Å²) in [6.45, 7) is 2.47. The normalized spacial score (nSPS) is 33.0. The molecule has 1 saturated heterocycles. The lowest BCUT2D eigenvalue weighted by Gasteiger charge is -2.22. The number of likely N-dealkylation sites (tertiary alicyclic amines) is 1. The van der Waals surface area contributed by atoms with Crippen LogP contribution in [0.25, 0.3) is 0 Å². The standard InChI is InChI=1S/C7H16N2/c1-8(2)7-4-5-9(3)6-7/h7-8H,1,4-6H2,2-3H3. The Balaban J connectivity index is 2.30. The van der Waals surface area contributed by atoms with Gasteiger partial charge in [-0.15, -0.1) is 0 Å². The van der Waals surface area contributed by atoms with Crippen LogP contribution in [0.15, 0.2) is 0 Å². The number of hydrogen-bond acceptors (Lipinski definition) is 1. The molecule has 1 aliphatic rings. The Morgan fingerprint density at radius 2 is 2.33 bits per heavy atom. The van der Waals surface area contributed by atoms with E-state index in [2.05, 4.69) is 26.0 Å². The molecule has 54 valence electrons. The molecule has 0 aromatic rings. The summed E-state index contributed by atoms with van der Waals surface area (Å²) in [6.07, 6.45) is 1.31. The molecule has 2 unspecified atom stereocenters. The first-order chi connectivity index (χ1) is 4.20. The van der Waals surface area contributed by atoms with Crippen LogP contribution in [0.1, 0.15) is 6.42 Å². The fourth-order valence-electron chi connectivity index (χ4n) is 1.34. The van der Waals surface area contributed by atoms with Crippen molar-refractivity contribution >= 4 is 0 Å². The summed E-state index contributed by atoms with van der Waals surface area (Å²) in [7, 11) is 8.24. The van der Waals surface area contributed by atoms with E-state index in [9.17, 15) is 0 Å². The molecule has 0 spiro atoms. The van der Waals surface area contributed by atoms with Crippen LogP contribution in [0.5, 0.6) is 0 Å². The lowest BCUT2D eigenvalue weighted by atomic mass is 10.2. The summed E-state index contributed by atoms with van der Waals surface area (Å²) in [5, 5.41) is 0. The molecule has 0 radical (unpaired) electrons. The molecule has 9 heavy (non-hydrogen) atoms. The first kappa shape index (κ1) is 7.03. The summed E-state index contributed by atoms with van der Waals surface area (Å²) in [6, 6.07) is 0.773. The van der Waals surface area contributed by atoms with Crippen molar-refractivity contribution in [3.63, 3.8) is 0 Å². The van der Waals surface area contributed by atoms with E-state index in [1.807, 2.05) is 0 Å². The molecule has 1 fully saturated rings. The third-order valence-corrected chi connectivity index (χ3v) is 2.09. The Bertz CT molecular complexity index is 90.9. The van der Waals surface area contributed by atoms with Gasteiger partial charge in [0, 0.05) is 26.6 Å². The minimum atomic E-state index is 0.773. The number of likely N-dealkylation sites (N-methyl/N-ethyl adjacent to an activating group) is 2. The Labute approximate surface area is 57.4 Å². The number of hydrogen-bond donors (Lipinski definition) is 1. The topological polar surface area (TPSA) is 7.68 Å². The third-order valence-electron chi connectivity index (χ3n) is 2.09.